The molecule has 0 saturated carbocycles. The molecule has 2 aromatic carbocycles. The molecule has 1 aliphatic rings. The summed E-state index contributed by atoms with van der Waals surface area (Å²) in [6, 6.07) is 14.7. The van der Waals surface area contributed by atoms with E-state index in [1.807, 2.05) is 43.0 Å². The molecule has 0 spiro atoms. The first-order valence-electron chi connectivity index (χ1n) is 10.7. The van der Waals surface area contributed by atoms with Crippen LogP contribution in [0.25, 0.3) is 5.57 Å². The van der Waals surface area contributed by atoms with Crippen LogP contribution in [0.2, 0.25) is 0 Å². The normalized spacial score (nSPS) is 13.8. The van der Waals surface area contributed by atoms with Crippen molar-refractivity contribution in [3.05, 3.63) is 65.4 Å². The maximum atomic E-state index is 13.7. The maximum Gasteiger partial charge on any atom is 0.282 e. The number of nitrogens with zero attached hydrogens (tertiary/aromatic N) is 2. The van der Waals surface area contributed by atoms with Crippen molar-refractivity contribution in [1.82, 2.24) is 4.90 Å². The number of benzene rings is 2. The van der Waals surface area contributed by atoms with E-state index in [-0.39, 0.29) is 11.8 Å². The molecule has 0 radical (unpaired) electrons. The van der Waals surface area contributed by atoms with E-state index < -0.39 is 0 Å². The number of imide groups is 1. The average Bonchev–Trinajstić information content (AvgIpc) is 3.05. The molecule has 0 aromatic heterocycles. The standard InChI is InChI=1S/C25H30N2O5/c1-5-32-21-8-6-7-20(17-21)27-24(28)22(19-11-9-18(2)10-12-19)23(25(27)29)26(13-15-30-3)14-16-31-4/h6-12,17H,5,13-16H2,1-4H3. The quantitative estimate of drug-likeness (QED) is 0.502. The van der Waals surface area contributed by atoms with Crippen molar-refractivity contribution in [2.24, 2.45) is 0 Å². The van der Waals surface area contributed by atoms with Gasteiger partial charge < -0.3 is 19.1 Å². The number of rotatable bonds is 11. The maximum absolute atomic E-state index is 13.7. The summed E-state index contributed by atoms with van der Waals surface area (Å²) in [4.78, 5) is 30.4. The summed E-state index contributed by atoms with van der Waals surface area (Å²) in [6.07, 6.45) is 0. The molecule has 3 rings (SSSR count). The summed E-state index contributed by atoms with van der Waals surface area (Å²) in [5.74, 6) is -0.125. The summed E-state index contributed by atoms with van der Waals surface area (Å²) >= 11 is 0. The molecule has 1 aliphatic heterocycles. The summed E-state index contributed by atoms with van der Waals surface area (Å²) in [5, 5.41) is 0. The molecule has 0 atom stereocenters. The zero-order valence-electron chi connectivity index (χ0n) is 19.1. The minimum atomic E-state index is -0.369. The SMILES string of the molecule is CCOc1cccc(N2C(=O)C(c3ccc(C)cc3)=C(N(CCOC)CCOC)C2=O)c1. The molecule has 0 bridgehead atoms. The van der Waals surface area contributed by atoms with Gasteiger partial charge in [-0.3, -0.25) is 9.59 Å². The topological polar surface area (TPSA) is 68.3 Å². The number of amides is 2. The lowest BCUT2D eigenvalue weighted by Crippen LogP contribution is -2.37. The van der Waals surface area contributed by atoms with Crippen LogP contribution in [0.1, 0.15) is 18.1 Å². The average molecular weight is 439 g/mol. The van der Waals surface area contributed by atoms with Crippen molar-refractivity contribution in [3.63, 3.8) is 0 Å². The second-order valence-corrected chi connectivity index (χ2v) is 7.44. The number of ether oxygens (including phenoxy) is 3. The van der Waals surface area contributed by atoms with Gasteiger partial charge in [-0.2, -0.15) is 0 Å². The second kappa shape index (κ2) is 10.9. The van der Waals surface area contributed by atoms with Crippen LogP contribution < -0.4 is 9.64 Å². The molecule has 0 aliphatic carbocycles. The summed E-state index contributed by atoms with van der Waals surface area (Å²) in [6.45, 7) is 6.09. The number of carbonyl (C=O) groups excluding carboxylic acids is 2. The highest BCUT2D eigenvalue weighted by molar-refractivity contribution is 6.45. The first-order chi connectivity index (χ1) is 15.5. The van der Waals surface area contributed by atoms with Crippen molar-refractivity contribution in [2.75, 3.05) is 52.0 Å². The molecular formula is C25H30N2O5. The van der Waals surface area contributed by atoms with Crippen molar-refractivity contribution in [2.45, 2.75) is 13.8 Å². The molecule has 0 N–H and O–H groups in total. The third-order valence-corrected chi connectivity index (χ3v) is 5.23. The minimum absolute atomic E-state index is 0.356. The first kappa shape index (κ1) is 23.5. The van der Waals surface area contributed by atoms with Gasteiger partial charge in [0.15, 0.2) is 0 Å². The number of aryl methyl sites for hydroxylation is 1. The van der Waals surface area contributed by atoms with Gasteiger partial charge in [-0.15, -0.1) is 0 Å². The molecule has 2 aromatic rings. The van der Waals surface area contributed by atoms with Crippen molar-refractivity contribution >= 4 is 23.1 Å². The van der Waals surface area contributed by atoms with E-state index in [0.29, 0.717) is 61.2 Å². The Labute approximate surface area is 189 Å². The van der Waals surface area contributed by atoms with Crippen LogP contribution in [0, 0.1) is 6.92 Å². The lowest BCUT2D eigenvalue weighted by Gasteiger charge is -2.25. The van der Waals surface area contributed by atoms with Crippen molar-refractivity contribution < 1.29 is 23.8 Å². The van der Waals surface area contributed by atoms with E-state index in [1.54, 1.807) is 38.5 Å². The largest absolute Gasteiger partial charge is 0.494 e. The van der Waals surface area contributed by atoms with E-state index in [9.17, 15) is 9.59 Å². The summed E-state index contributed by atoms with van der Waals surface area (Å²) < 4.78 is 16.1. The van der Waals surface area contributed by atoms with E-state index in [1.165, 1.54) is 4.90 Å². The van der Waals surface area contributed by atoms with E-state index in [2.05, 4.69) is 0 Å². The van der Waals surface area contributed by atoms with Crippen LogP contribution in [-0.4, -0.2) is 63.8 Å². The Morgan fingerprint density at radius 2 is 1.56 bits per heavy atom. The van der Waals surface area contributed by atoms with Crippen LogP contribution in [0.4, 0.5) is 5.69 Å². The van der Waals surface area contributed by atoms with Gasteiger partial charge in [-0.05, 0) is 31.5 Å². The third-order valence-electron chi connectivity index (χ3n) is 5.23. The van der Waals surface area contributed by atoms with Gasteiger partial charge in [-0.1, -0.05) is 35.9 Å². The lowest BCUT2D eigenvalue weighted by atomic mass is 10.0. The highest BCUT2D eigenvalue weighted by atomic mass is 16.5. The Hall–Kier alpha value is -3.16. The first-order valence-corrected chi connectivity index (χ1v) is 10.7. The number of carbonyl (C=O) groups is 2. The fourth-order valence-electron chi connectivity index (χ4n) is 3.64. The molecule has 0 fully saturated rings. The van der Waals surface area contributed by atoms with Crippen LogP contribution in [0.3, 0.4) is 0 Å². The summed E-state index contributed by atoms with van der Waals surface area (Å²) in [7, 11) is 3.22. The Morgan fingerprint density at radius 3 is 2.16 bits per heavy atom. The Bertz CT molecular complexity index is 976. The van der Waals surface area contributed by atoms with E-state index in [0.717, 1.165) is 5.56 Å². The van der Waals surface area contributed by atoms with Crippen LogP contribution >= 0.6 is 0 Å². The van der Waals surface area contributed by atoms with Gasteiger partial charge in [-0.25, -0.2) is 4.90 Å². The van der Waals surface area contributed by atoms with E-state index in [4.69, 9.17) is 14.2 Å². The number of methoxy groups -OCH3 is 2. The summed E-state index contributed by atoms with van der Waals surface area (Å²) in [5.41, 5.74) is 2.99. The number of hydrogen-bond donors (Lipinski definition) is 0. The highest BCUT2D eigenvalue weighted by Crippen LogP contribution is 2.35. The monoisotopic (exact) mass is 438 g/mol. The molecule has 32 heavy (non-hydrogen) atoms. The zero-order chi connectivity index (χ0) is 23.1. The molecule has 170 valence electrons. The number of hydrogen-bond acceptors (Lipinski definition) is 6. The molecule has 0 unspecified atom stereocenters. The second-order valence-electron chi connectivity index (χ2n) is 7.44. The van der Waals surface area contributed by atoms with Gasteiger partial charge in [0.1, 0.15) is 11.4 Å². The Balaban J connectivity index is 2.10. The van der Waals surface area contributed by atoms with Gasteiger partial charge in [0.2, 0.25) is 0 Å². The predicted octanol–water partition coefficient (Wildman–Crippen LogP) is 3.27. The van der Waals surface area contributed by atoms with Crippen LogP contribution in [-0.2, 0) is 19.1 Å². The van der Waals surface area contributed by atoms with Crippen LogP contribution in [0.15, 0.2) is 54.2 Å². The lowest BCUT2D eigenvalue weighted by molar-refractivity contribution is -0.120. The molecule has 2 amide bonds. The Kier molecular flexibility index (Phi) is 8.03. The van der Waals surface area contributed by atoms with Gasteiger partial charge in [0, 0.05) is 33.4 Å². The molecule has 7 heteroatoms. The highest BCUT2D eigenvalue weighted by Gasteiger charge is 2.42. The fourth-order valence-corrected chi connectivity index (χ4v) is 3.64. The number of anilines is 1. The van der Waals surface area contributed by atoms with Crippen molar-refractivity contribution in [1.29, 1.82) is 0 Å². The van der Waals surface area contributed by atoms with E-state index >= 15 is 0 Å². The zero-order valence-corrected chi connectivity index (χ0v) is 19.1. The van der Waals surface area contributed by atoms with Crippen molar-refractivity contribution in [3.8, 4) is 5.75 Å². The molecular weight excluding hydrogens is 408 g/mol. The Morgan fingerprint density at radius 1 is 0.906 bits per heavy atom. The van der Waals surface area contributed by atoms with Gasteiger partial charge >= 0.3 is 0 Å². The molecule has 7 nitrogen and oxygen atoms in total. The predicted molar refractivity (Wildman–Crippen MR) is 124 cm³/mol. The van der Waals surface area contributed by atoms with Gasteiger partial charge in [0.25, 0.3) is 11.8 Å². The smallest absolute Gasteiger partial charge is 0.282 e. The molecule has 0 saturated heterocycles. The molecule has 1 heterocycles. The third kappa shape index (κ3) is 5.00. The van der Waals surface area contributed by atoms with Gasteiger partial charge in [0.05, 0.1) is 31.1 Å². The van der Waals surface area contributed by atoms with Crippen LogP contribution in [0.5, 0.6) is 5.75 Å². The fraction of sp³-hybridized carbons (Fsp3) is 0.360. The minimum Gasteiger partial charge on any atom is -0.494 e.